The molecule has 1 aromatic rings. The fraction of sp³-hybridized carbons (Fsp3) is 0.744. The average molecular weight is 721 g/mol. The van der Waals surface area contributed by atoms with Crippen LogP contribution in [0.2, 0.25) is 0 Å². The molecule has 4 aliphatic carbocycles. The highest BCUT2D eigenvalue weighted by molar-refractivity contribution is 5.85. The van der Waals surface area contributed by atoms with Gasteiger partial charge in [0.2, 0.25) is 0 Å². The number of hydrogen-bond acceptors (Lipinski definition) is 8. The molecule has 9 nitrogen and oxygen atoms in total. The number of fused-ring (bicyclic) bond motifs is 4. The van der Waals surface area contributed by atoms with Gasteiger partial charge in [0.15, 0.2) is 6.29 Å². The Labute approximate surface area is 309 Å². The number of methoxy groups -OCH3 is 1. The summed E-state index contributed by atoms with van der Waals surface area (Å²) in [5, 5.41) is 8.76. The molecule has 0 amide bonds. The molecule has 7 rings (SSSR count). The molecule has 9 heteroatoms. The quantitative estimate of drug-likeness (QED) is 0.140. The Bertz CT molecular complexity index is 1490. The van der Waals surface area contributed by atoms with Crippen molar-refractivity contribution in [3.8, 4) is 5.75 Å². The molecule has 0 radical (unpaired) electrons. The van der Waals surface area contributed by atoms with E-state index in [1.807, 2.05) is 12.1 Å². The van der Waals surface area contributed by atoms with Gasteiger partial charge in [0.1, 0.15) is 18.5 Å². The van der Waals surface area contributed by atoms with Crippen LogP contribution in [0.15, 0.2) is 35.9 Å². The number of carboxylic acid groups (broad SMARTS) is 1. The van der Waals surface area contributed by atoms with Crippen LogP contribution in [-0.2, 0) is 33.3 Å². The summed E-state index contributed by atoms with van der Waals surface area (Å²) in [4.78, 5) is 35.9. The van der Waals surface area contributed by atoms with Gasteiger partial charge in [-0.3, -0.25) is 9.59 Å². The first-order valence-corrected chi connectivity index (χ1v) is 20.3. The molecule has 6 aliphatic rings. The van der Waals surface area contributed by atoms with Gasteiger partial charge in [0.25, 0.3) is 0 Å². The van der Waals surface area contributed by atoms with E-state index in [1.165, 1.54) is 0 Å². The highest BCUT2D eigenvalue weighted by Gasteiger charge is 2.74. The molecule has 5 fully saturated rings. The van der Waals surface area contributed by atoms with Crippen LogP contribution in [0.4, 0.5) is 0 Å². The first kappa shape index (κ1) is 37.4. The van der Waals surface area contributed by atoms with Gasteiger partial charge in [0.05, 0.1) is 18.8 Å². The van der Waals surface area contributed by atoms with Crippen molar-refractivity contribution in [3.63, 3.8) is 0 Å². The van der Waals surface area contributed by atoms with E-state index in [-0.39, 0.29) is 52.9 Å². The molecule has 2 bridgehead atoms. The molecular formula is C43H60O9. The topological polar surface area (TPSA) is 118 Å². The van der Waals surface area contributed by atoms with Crippen LogP contribution in [-0.4, -0.2) is 54.5 Å². The van der Waals surface area contributed by atoms with Gasteiger partial charge in [-0.15, -0.1) is 0 Å². The van der Waals surface area contributed by atoms with Gasteiger partial charge in [-0.2, -0.15) is 0 Å². The van der Waals surface area contributed by atoms with Gasteiger partial charge in [-0.1, -0.05) is 64.5 Å². The number of carbonyl (C=O) groups excluding carboxylic acids is 2. The summed E-state index contributed by atoms with van der Waals surface area (Å²) >= 11 is 0. The van der Waals surface area contributed by atoms with Crippen molar-refractivity contribution in [1.82, 2.24) is 0 Å². The average Bonchev–Trinajstić information content (AvgIpc) is 3.63. The summed E-state index contributed by atoms with van der Waals surface area (Å²) < 4.78 is 31.3. The van der Waals surface area contributed by atoms with Crippen molar-refractivity contribution in [2.24, 2.45) is 34.5 Å². The highest BCUT2D eigenvalue weighted by atomic mass is 16.7. The Balaban J connectivity index is 0.980. The van der Waals surface area contributed by atoms with E-state index in [9.17, 15) is 14.4 Å². The molecule has 1 spiro atoms. The Morgan fingerprint density at radius 1 is 0.885 bits per heavy atom. The Morgan fingerprint density at radius 3 is 2.27 bits per heavy atom. The van der Waals surface area contributed by atoms with E-state index in [0.717, 1.165) is 120 Å². The number of benzene rings is 1. The van der Waals surface area contributed by atoms with Crippen LogP contribution >= 0.6 is 0 Å². The predicted octanol–water partition coefficient (Wildman–Crippen LogP) is 8.88. The first-order chi connectivity index (χ1) is 25.1. The lowest BCUT2D eigenvalue weighted by molar-refractivity contribution is -0.319. The SMILES string of the molecule is COc1ccc(C2O[C@H]3C[C@]4(O2)[C@@H]2CC[C@@H]5C[C@@H](OC(=O)CCCCCCCCCCC(=O)O)CC[C@]5(C)[C@H]2CC[C@]4(C)[C@H]3C2=CC(=O)OC2)cc1. The van der Waals surface area contributed by atoms with E-state index < -0.39 is 12.3 Å². The zero-order valence-electron chi connectivity index (χ0n) is 31.6. The molecule has 1 saturated heterocycles. The molecule has 10 atom stereocenters. The van der Waals surface area contributed by atoms with Crippen LogP contribution in [0.5, 0.6) is 5.75 Å². The van der Waals surface area contributed by atoms with Crippen molar-refractivity contribution in [2.45, 2.75) is 154 Å². The summed E-state index contributed by atoms with van der Waals surface area (Å²) in [7, 11) is 1.68. The predicted molar refractivity (Wildman–Crippen MR) is 194 cm³/mol. The van der Waals surface area contributed by atoms with Crippen LogP contribution in [0.3, 0.4) is 0 Å². The number of cyclic esters (lactones) is 1. The Morgan fingerprint density at radius 2 is 1.60 bits per heavy atom. The third kappa shape index (κ3) is 7.05. The van der Waals surface area contributed by atoms with E-state index in [0.29, 0.717) is 30.8 Å². The molecule has 1 aromatic carbocycles. The zero-order valence-corrected chi connectivity index (χ0v) is 31.6. The number of hydrogen-bond donors (Lipinski definition) is 1. The maximum absolute atomic E-state index is 12.9. The largest absolute Gasteiger partial charge is 0.497 e. The van der Waals surface area contributed by atoms with Gasteiger partial charge in [0, 0.05) is 42.2 Å². The van der Waals surface area contributed by atoms with Crippen LogP contribution in [0.25, 0.3) is 0 Å². The molecule has 52 heavy (non-hydrogen) atoms. The zero-order chi connectivity index (χ0) is 36.5. The number of esters is 2. The van der Waals surface area contributed by atoms with E-state index in [2.05, 4.69) is 26.0 Å². The van der Waals surface area contributed by atoms with Crippen LogP contribution in [0, 0.1) is 34.5 Å². The minimum Gasteiger partial charge on any atom is -0.497 e. The van der Waals surface area contributed by atoms with E-state index >= 15 is 0 Å². The molecule has 2 aliphatic heterocycles. The first-order valence-electron chi connectivity index (χ1n) is 20.3. The fourth-order valence-corrected chi connectivity index (χ4v) is 12.0. The third-order valence-corrected chi connectivity index (χ3v) is 14.7. The summed E-state index contributed by atoms with van der Waals surface area (Å²) in [6.45, 7) is 5.27. The lowest BCUT2D eigenvalue weighted by atomic mass is 9.43. The second-order valence-electron chi connectivity index (χ2n) is 17.4. The molecule has 1 unspecified atom stereocenters. The maximum atomic E-state index is 12.9. The molecular weight excluding hydrogens is 660 g/mol. The summed E-state index contributed by atoms with van der Waals surface area (Å²) in [5.41, 5.74) is 1.65. The standard InChI is InChI=1S/C43H60O9/c1-41-22-20-32(50-37(46)13-11-9-7-5-4-6-8-10-12-36(44)45)25-30(41)16-19-34-33(41)21-23-42(2)39(29-24-38(47)49-27-29)35-26-43(34,42)52-40(51-35)28-14-17-31(48-3)18-15-28/h14-15,17-18,24,30,32-35,39-40H,4-13,16,19-23,25-27H2,1-3H3,(H,44,45)/t30-,32+,33+,34-,35+,39+,40?,41+,42-,43+/m1/s1. The normalized spacial score (nSPS) is 37.6. The minimum atomic E-state index is -0.710. The third-order valence-electron chi connectivity index (χ3n) is 14.7. The van der Waals surface area contributed by atoms with Gasteiger partial charge >= 0.3 is 17.9 Å². The second-order valence-corrected chi connectivity index (χ2v) is 17.4. The lowest BCUT2D eigenvalue weighted by Crippen LogP contribution is -2.63. The summed E-state index contributed by atoms with van der Waals surface area (Å²) in [6.07, 6.45) is 18.2. The number of rotatable bonds is 15. The molecule has 4 saturated carbocycles. The molecule has 286 valence electrons. The number of carboxylic acids is 1. The molecule has 2 heterocycles. The van der Waals surface area contributed by atoms with Gasteiger partial charge < -0.3 is 28.8 Å². The van der Waals surface area contributed by atoms with Crippen molar-refractivity contribution in [2.75, 3.05) is 13.7 Å². The Kier molecular flexibility index (Phi) is 11.1. The number of unbranched alkanes of at least 4 members (excludes halogenated alkanes) is 7. The smallest absolute Gasteiger partial charge is 0.331 e. The number of aliphatic carboxylic acids is 1. The van der Waals surface area contributed by atoms with Crippen molar-refractivity contribution in [3.05, 3.63) is 41.5 Å². The van der Waals surface area contributed by atoms with Gasteiger partial charge in [-0.25, -0.2) is 4.79 Å². The van der Waals surface area contributed by atoms with Crippen molar-refractivity contribution in [1.29, 1.82) is 0 Å². The highest BCUT2D eigenvalue weighted by Crippen LogP contribution is 2.73. The van der Waals surface area contributed by atoms with E-state index in [1.54, 1.807) is 13.2 Å². The van der Waals surface area contributed by atoms with Crippen LogP contribution < -0.4 is 4.74 Å². The maximum Gasteiger partial charge on any atom is 0.331 e. The number of ether oxygens (including phenoxy) is 5. The minimum absolute atomic E-state index is 0.00538. The fourth-order valence-electron chi connectivity index (χ4n) is 12.0. The van der Waals surface area contributed by atoms with E-state index in [4.69, 9.17) is 28.8 Å². The summed E-state index contributed by atoms with van der Waals surface area (Å²) in [6, 6.07) is 8.04. The van der Waals surface area contributed by atoms with Crippen LogP contribution in [0.1, 0.15) is 141 Å². The second kappa shape index (κ2) is 15.4. The lowest BCUT2D eigenvalue weighted by Gasteiger charge is -2.65. The van der Waals surface area contributed by atoms with Gasteiger partial charge in [-0.05, 0) is 98.7 Å². The molecule has 1 N–H and O–H groups in total. The monoisotopic (exact) mass is 720 g/mol. The Hall–Kier alpha value is -2.91. The van der Waals surface area contributed by atoms with Crippen molar-refractivity contribution >= 4 is 17.9 Å². The molecule has 0 aromatic heterocycles. The van der Waals surface area contributed by atoms with Crippen molar-refractivity contribution < 1.29 is 43.2 Å². The number of carbonyl (C=O) groups is 3. The summed E-state index contributed by atoms with van der Waals surface area (Å²) in [5.74, 6) is 1.27.